The van der Waals surface area contributed by atoms with Crippen LogP contribution < -0.4 is 10.1 Å². The Hall–Kier alpha value is -2.04. The Morgan fingerprint density at radius 1 is 1.35 bits per heavy atom. The molecule has 1 N–H and O–H groups in total. The zero-order valence-electron chi connectivity index (χ0n) is 11.9. The van der Waals surface area contributed by atoms with E-state index in [0.717, 1.165) is 12.0 Å². The van der Waals surface area contributed by atoms with Gasteiger partial charge in [0.1, 0.15) is 11.3 Å². The van der Waals surface area contributed by atoms with Crippen molar-refractivity contribution in [3.05, 3.63) is 29.3 Å². The van der Waals surface area contributed by atoms with Crippen LogP contribution in [0.5, 0.6) is 5.75 Å². The van der Waals surface area contributed by atoms with Crippen LogP contribution in [0.3, 0.4) is 0 Å². The second-order valence-corrected chi connectivity index (χ2v) is 5.06. The van der Waals surface area contributed by atoms with Crippen LogP contribution in [-0.2, 0) is 16.1 Å². The average molecular weight is 277 g/mol. The molecule has 0 bridgehead atoms. The summed E-state index contributed by atoms with van der Waals surface area (Å²) in [5.74, 6) is 0.714. The highest BCUT2D eigenvalue weighted by atomic mass is 16.5. The lowest BCUT2D eigenvalue weighted by Crippen LogP contribution is -2.25. The minimum atomic E-state index is -0.453. The molecule has 0 aliphatic heterocycles. The van der Waals surface area contributed by atoms with Gasteiger partial charge >= 0.3 is 5.97 Å². The van der Waals surface area contributed by atoms with Crippen molar-refractivity contribution in [2.24, 2.45) is 11.8 Å². The first-order valence-electron chi connectivity index (χ1n) is 6.59. The summed E-state index contributed by atoms with van der Waals surface area (Å²) in [6.07, 6.45) is 0.960. The first-order chi connectivity index (χ1) is 9.56. The first kappa shape index (κ1) is 14.4. The van der Waals surface area contributed by atoms with Crippen LogP contribution in [0.15, 0.2) is 18.2 Å². The van der Waals surface area contributed by atoms with Crippen molar-refractivity contribution in [3.63, 3.8) is 0 Å². The van der Waals surface area contributed by atoms with E-state index in [1.165, 1.54) is 14.2 Å². The lowest BCUT2D eigenvalue weighted by atomic mass is 10.1. The molecule has 0 radical (unpaired) electrons. The van der Waals surface area contributed by atoms with Crippen LogP contribution in [0.4, 0.5) is 0 Å². The molecule has 5 nitrogen and oxygen atoms in total. The summed E-state index contributed by atoms with van der Waals surface area (Å²) < 4.78 is 9.84. The van der Waals surface area contributed by atoms with Crippen molar-refractivity contribution in [1.82, 2.24) is 5.32 Å². The molecule has 0 unspecified atom stereocenters. The number of amides is 1. The fourth-order valence-corrected chi connectivity index (χ4v) is 2.14. The molecule has 1 fully saturated rings. The van der Waals surface area contributed by atoms with Crippen molar-refractivity contribution in [3.8, 4) is 5.75 Å². The van der Waals surface area contributed by atoms with Gasteiger partial charge in [-0.25, -0.2) is 4.79 Å². The van der Waals surface area contributed by atoms with Crippen molar-refractivity contribution >= 4 is 11.9 Å². The van der Waals surface area contributed by atoms with Gasteiger partial charge in [0.2, 0.25) is 5.91 Å². The van der Waals surface area contributed by atoms with E-state index in [-0.39, 0.29) is 11.8 Å². The van der Waals surface area contributed by atoms with E-state index in [9.17, 15) is 9.59 Å². The highest BCUT2D eigenvalue weighted by Crippen LogP contribution is 2.37. The molecule has 5 heteroatoms. The largest absolute Gasteiger partial charge is 0.496 e. The predicted octanol–water partition coefficient (Wildman–Crippen LogP) is 1.75. The maximum atomic E-state index is 11.8. The van der Waals surface area contributed by atoms with Crippen LogP contribution >= 0.6 is 0 Å². The molecule has 0 spiro atoms. The number of hydrogen-bond donors (Lipinski definition) is 1. The Morgan fingerprint density at radius 2 is 2.05 bits per heavy atom. The molecule has 0 aromatic heterocycles. The summed E-state index contributed by atoms with van der Waals surface area (Å²) in [5, 5.41) is 2.88. The number of esters is 1. The van der Waals surface area contributed by atoms with E-state index in [0.29, 0.717) is 23.8 Å². The summed E-state index contributed by atoms with van der Waals surface area (Å²) in [6, 6.07) is 5.21. The van der Waals surface area contributed by atoms with E-state index in [2.05, 4.69) is 12.2 Å². The molecule has 1 aromatic rings. The van der Waals surface area contributed by atoms with Crippen molar-refractivity contribution in [1.29, 1.82) is 0 Å². The van der Waals surface area contributed by atoms with Crippen molar-refractivity contribution in [2.45, 2.75) is 19.9 Å². The number of ether oxygens (including phenoxy) is 2. The number of benzene rings is 1. The molecule has 1 aromatic carbocycles. The molecule has 0 heterocycles. The van der Waals surface area contributed by atoms with Crippen LogP contribution in [0, 0.1) is 11.8 Å². The normalized spacial score (nSPS) is 20.1. The molecule has 108 valence electrons. The minimum absolute atomic E-state index is 0.0768. The number of carbonyl (C=O) groups is 2. The first-order valence-corrected chi connectivity index (χ1v) is 6.59. The smallest absolute Gasteiger partial charge is 0.341 e. The monoisotopic (exact) mass is 277 g/mol. The zero-order chi connectivity index (χ0) is 14.7. The van der Waals surface area contributed by atoms with Gasteiger partial charge in [0, 0.05) is 12.5 Å². The number of carbonyl (C=O) groups excluding carboxylic acids is 2. The molecule has 0 saturated heterocycles. The van der Waals surface area contributed by atoms with Gasteiger partial charge in [-0.3, -0.25) is 4.79 Å². The van der Waals surface area contributed by atoms with E-state index in [1.54, 1.807) is 12.1 Å². The number of rotatable bonds is 5. The van der Waals surface area contributed by atoms with Crippen molar-refractivity contribution < 1.29 is 19.1 Å². The molecule has 1 saturated carbocycles. The Kier molecular flexibility index (Phi) is 4.27. The second kappa shape index (κ2) is 5.94. The van der Waals surface area contributed by atoms with Gasteiger partial charge < -0.3 is 14.8 Å². The van der Waals surface area contributed by atoms with Gasteiger partial charge in [-0.15, -0.1) is 0 Å². The highest BCUT2D eigenvalue weighted by Gasteiger charge is 2.38. The molecule has 2 rings (SSSR count). The lowest BCUT2D eigenvalue weighted by Gasteiger charge is -2.10. The van der Waals surface area contributed by atoms with Gasteiger partial charge in [-0.05, 0) is 30.0 Å². The lowest BCUT2D eigenvalue weighted by molar-refractivity contribution is -0.122. The van der Waals surface area contributed by atoms with Gasteiger partial charge in [0.15, 0.2) is 0 Å². The Balaban J connectivity index is 2.04. The fraction of sp³-hybridized carbons (Fsp3) is 0.467. The molecular formula is C15H19NO4. The highest BCUT2D eigenvalue weighted by molar-refractivity contribution is 5.92. The van der Waals surface area contributed by atoms with Crippen LogP contribution in [0.2, 0.25) is 0 Å². The van der Waals surface area contributed by atoms with Crippen molar-refractivity contribution in [2.75, 3.05) is 14.2 Å². The third-order valence-electron chi connectivity index (χ3n) is 3.58. The zero-order valence-corrected chi connectivity index (χ0v) is 11.9. The summed E-state index contributed by atoms with van der Waals surface area (Å²) in [5.41, 5.74) is 1.20. The Bertz CT molecular complexity index is 527. The molecule has 20 heavy (non-hydrogen) atoms. The number of hydrogen-bond acceptors (Lipinski definition) is 4. The summed E-state index contributed by atoms with van der Waals surface area (Å²) in [7, 11) is 2.82. The standard InChI is InChI=1S/C15H19NO4/c1-9-6-11(9)14(17)16-8-10-4-5-13(19-2)12(7-10)15(18)20-3/h4-5,7,9,11H,6,8H2,1-3H3,(H,16,17)/t9-,11-/m0/s1. The van der Waals surface area contributed by atoms with E-state index in [1.807, 2.05) is 6.07 Å². The molecule has 1 aliphatic rings. The Morgan fingerprint density at radius 3 is 2.60 bits per heavy atom. The number of methoxy groups -OCH3 is 2. The fourth-order valence-electron chi connectivity index (χ4n) is 2.14. The predicted molar refractivity (Wildman–Crippen MR) is 73.5 cm³/mol. The third kappa shape index (κ3) is 3.10. The van der Waals surface area contributed by atoms with Crippen LogP contribution in [-0.4, -0.2) is 26.1 Å². The Labute approximate surface area is 118 Å². The summed E-state index contributed by atoms with van der Waals surface area (Å²) in [6.45, 7) is 2.46. The maximum absolute atomic E-state index is 11.8. The maximum Gasteiger partial charge on any atom is 0.341 e. The van der Waals surface area contributed by atoms with Crippen LogP contribution in [0.1, 0.15) is 29.3 Å². The average Bonchev–Trinajstić information content (AvgIpc) is 3.20. The molecule has 1 amide bonds. The van der Waals surface area contributed by atoms with Gasteiger partial charge in [0.05, 0.1) is 14.2 Å². The topological polar surface area (TPSA) is 64.6 Å². The molecule has 2 atom stereocenters. The molecular weight excluding hydrogens is 258 g/mol. The summed E-state index contributed by atoms with van der Waals surface area (Å²) in [4.78, 5) is 23.4. The molecule has 1 aliphatic carbocycles. The van der Waals surface area contributed by atoms with Gasteiger partial charge in [-0.1, -0.05) is 13.0 Å². The van der Waals surface area contributed by atoms with Crippen LogP contribution in [0.25, 0.3) is 0 Å². The van der Waals surface area contributed by atoms with E-state index in [4.69, 9.17) is 9.47 Å². The van der Waals surface area contributed by atoms with E-state index >= 15 is 0 Å². The second-order valence-electron chi connectivity index (χ2n) is 5.06. The minimum Gasteiger partial charge on any atom is -0.496 e. The number of nitrogens with one attached hydrogen (secondary N) is 1. The quantitative estimate of drug-likeness (QED) is 0.833. The third-order valence-corrected chi connectivity index (χ3v) is 3.58. The summed E-state index contributed by atoms with van der Waals surface area (Å²) >= 11 is 0. The van der Waals surface area contributed by atoms with Gasteiger partial charge in [0.25, 0.3) is 0 Å². The van der Waals surface area contributed by atoms with E-state index < -0.39 is 5.97 Å². The SMILES string of the molecule is COC(=O)c1cc(CNC(=O)[C@H]2C[C@@H]2C)ccc1OC. The van der Waals surface area contributed by atoms with Gasteiger partial charge in [-0.2, -0.15) is 0 Å².